The van der Waals surface area contributed by atoms with E-state index in [9.17, 15) is 9.90 Å². The maximum Gasteiger partial charge on any atom is 0.632 e. The SMILES string of the molecule is O=C(O)c1cccc(B(Oc2ccccc2)Oc2ccccc2)c1. The molecule has 3 rings (SSSR count). The highest BCUT2D eigenvalue weighted by atomic mass is 16.6. The first-order chi connectivity index (χ1) is 11.7. The number of carbonyl (C=O) groups is 1. The smallest absolute Gasteiger partial charge is 0.522 e. The zero-order chi connectivity index (χ0) is 16.8. The summed E-state index contributed by atoms with van der Waals surface area (Å²) in [6.07, 6.45) is 0. The van der Waals surface area contributed by atoms with Gasteiger partial charge in [0.25, 0.3) is 0 Å². The predicted octanol–water partition coefficient (Wildman–Crippen LogP) is 3.24. The first kappa shape index (κ1) is 15.7. The molecule has 0 saturated heterocycles. The van der Waals surface area contributed by atoms with Crippen molar-refractivity contribution < 1.29 is 19.2 Å². The number of rotatable bonds is 6. The molecule has 1 N–H and O–H groups in total. The number of carboxylic acid groups (broad SMARTS) is 1. The molecule has 3 aromatic carbocycles. The van der Waals surface area contributed by atoms with E-state index in [-0.39, 0.29) is 5.56 Å². The van der Waals surface area contributed by atoms with Gasteiger partial charge in [-0.05, 0) is 36.4 Å². The second-order valence-corrected chi connectivity index (χ2v) is 5.12. The van der Waals surface area contributed by atoms with E-state index in [0.29, 0.717) is 17.0 Å². The Morgan fingerprint density at radius 3 is 1.79 bits per heavy atom. The molecule has 0 fully saturated rings. The van der Waals surface area contributed by atoms with Crippen molar-refractivity contribution in [2.24, 2.45) is 0 Å². The lowest BCUT2D eigenvalue weighted by Gasteiger charge is -2.17. The van der Waals surface area contributed by atoms with Crippen molar-refractivity contribution in [1.29, 1.82) is 0 Å². The van der Waals surface area contributed by atoms with Crippen molar-refractivity contribution in [2.45, 2.75) is 0 Å². The third kappa shape index (κ3) is 3.95. The Hall–Kier alpha value is -3.21. The molecule has 0 heterocycles. The van der Waals surface area contributed by atoms with Crippen molar-refractivity contribution in [2.75, 3.05) is 0 Å². The van der Waals surface area contributed by atoms with Crippen LogP contribution in [0.4, 0.5) is 0 Å². The summed E-state index contributed by atoms with van der Waals surface area (Å²) in [4.78, 5) is 11.2. The minimum atomic E-state index is -0.991. The Balaban J connectivity index is 1.92. The Labute approximate surface area is 140 Å². The molecule has 4 nitrogen and oxygen atoms in total. The minimum Gasteiger partial charge on any atom is -0.522 e. The van der Waals surface area contributed by atoms with E-state index >= 15 is 0 Å². The zero-order valence-corrected chi connectivity index (χ0v) is 12.8. The van der Waals surface area contributed by atoms with E-state index in [0.717, 1.165) is 0 Å². The fourth-order valence-corrected chi connectivity index (χ4v) is 2.22. The van der Waals surface area contributed by atoms with Crippen molar-refractivity contribution in [3.8, 4) is 11.5 Å². The van der Waals surface area contributed by atoms with Crippen molar-refractivity contribution >= 4 is 18.6 Å². The summed E-state index contributed by atoms with van der Waals surface area (Å²) in [6, 6.07) is 25.1. The van der Waals surface area contributed by atoms with Crippen LogP contribution >= 0.6 is 0 Å². The van der Waals surface area contributed by atoms with Gasteiger partial charge in [-0.25, -0.2) is 4.79 Å². The molecule has 0 aromatic heterocycles. The highest BCUT2D eigenvalue weighted by Gasteiger charge is 2.27. The van der Waals surface area contributed by atoms with Gasteiger partial charge in [-0.15, -0.1) is 0 Å². The number of hydrogen-bond acceptors (Lipinski definition) is 3. The van der Waals surface area contributed by atoms with Crippen LogP contribution < -0.4 is 14.8 Å². The summed E-state index contributed by atoms with van der Waals surface area (Å²) in [6.45, 7) is 0. The van der Waals surface area contributed by atoms with E-state index < -0.39 is 13.1 Å². The largest absolute Gasteiger partial charge is 0.632 e. The molecule has 0 amide bonds. The third-order valence-electron chi connectivity index (χ3n) is 3.38. The van der Waals surface area contributed by atoms with Gasteiger partial charge in [0.2, 0.25) is 0 Å². The molecule has 0 aliphatic rings. The van der Waals surface area contributed by atoms with Crippen LogP contribution in [0.1, 0.15) is 10.4 Å². The number of benzene rings is 3. The Morgan fingerprint density at radius 1 is 0.750 bits per heavy atom. The fourth-order valence-electron chi connectivity index (χ4n) is 2.22. The number of hydrogen-bond donors (Lipinski definition) is 1. The highest BCUT2D eigenvalue weighted by molar-refractivity contribution is 6.62. The van der Waals surface area contributed by atoms with Crippen LogP contribution in [0.2, 0.25) is 0 Å². The fraction of sp³-hybridized carbons (Fsp3) is 0. The van der Waals surface area contributed by atoms with Crippen molar-refractivity contribution in [1.82, 2.24) is 0 Å². The number of aromatic carboxylic acids is 1. The summed E-state index contributed by atoms with van der Waals surface area (Å²) >= 11 is 0. The van der Waals surface area contributed by atoms with E-state index in [4.69, 9.17) is 9.31 Å². The molecule has 0 unspecified atom stereocenters. The molecule has 118 valence electrons. The third-order valence-corrected chi connectivity index (χ3v) is 3.38. The standard InChI is InChI=1S/C19H15BO4/c21-19(22)15-8-7-9-16(14-15)20(23-17-10-3-1-4-11-17)24-18-12-5-2-6-13-18/h1-14H,(H,21,22). The molecule has 0 aliphatic heterocycles. The van der Waals surface area contributed by atoms with E-state index in [1.807, 2.05) is 60.7 Å². The second kappa shape index (κ2) is 7.37. The van der Waals surface area contributed by atoms with Crippen LogP contribution in [0.5, 0.6) is 11.5 Å². The molecule has 0 radical (unpaired) electrons. The molecule has 0 saturated carbocycles. The van der Waals surface area contributed by atoms with Gasteiger partial charge in [-0.1, -0.05) is 48.5 Å². The Morgan fingerprint density at radius 2 is 1.29 bits per heavy atom. The molecular weight excluding hydrogens is 303 g/mol. The van der Waals surface area contributed by atoms with Gasteiger partial charge >= 0.3 is 13.1 Å². The maximum absolute atomic E-state index is 11.2. The second-order valence-electron chi connectivity index (χ2n) is 5.12. The molecule has 3 aromatic rings. The summed E-state index contributed by atoms with van der Waals surface area (Å²) in [5.74, 6) is 0.286. The van der Waals surface area contributed by atoms with Crippen molar-refractivity contribution in [3.63, 3.8) is 0 Å². The monoisotopic (exact) mass is 318 g/mol. The maximum atomic E-state index is 11.2. The Bertz CT molecular complexity index is 764. The summed E-state index contributed by atoms with van der Waals surface area (Å²) < 4.78 is 11.8. The molecular formula is C19H15BO4. The van der Waals surface area contributed by atoms with Gasteiger partial charge in [-0.3, -0.25) is 0 Å². The minimum absolute atomic E-state index is 0.186. The normalized spacial score (nSPS) is 10.0. The number of carboxylic acids is 1. The predicted molar refractivity (Wildman–Crippen MR) is 92.9 cm³/mol. The van der Waals surface area contributed by atoms with Crippen LogP contribution in [-0.2, 0) is 0 Å². The molecule has 0 spiro atoms. The topological polar surface area (TPSA) is 55.8 Å². The lowest BCUT2D eigenvalue weighted by molar-refractivity contribution is 0.0697. The number of para-hydroxylation sites is 2. The van der Waals surface area contributed by atoms with E-state index in [2.05, 4.69) is 0 Å². The highest BCUT2D eigenvalue weighted by Crippen LogP contribution is 2.14. The molecule has 0 atom stereocenters. The molecule has 5 heteroatoms. The van der Waals surface area contributed by atoms with Crippen LogP contribution in [0.15, 0.2) is 84.9 Å². The van der Waals surface area contributed by atoms with Crippen molar-refractivity contribution in [3.05, 3.63) is 90.5 Å². The molecule has 0 bridgehead atoms. The lowest BCUT2D eigenvalue weighted by atomic mass is 9.77. The summed E-state index contributed by atoms with van der Waals surface area (Å²) in [7, 11) is -0.755. The van der Waals surface area contributed by atoms with Gasteiger partial charge in [0.05, 0.1) is 5.56 Å². The summed E-state index contributed by atoms with van der Waals surface area (Å²) in [5, 5.41) is 9.19. The van der Waals surface area contributed by atoms with Crippen LogP contribution in [-0.4, -0.2) is 18.2 Å². The quantitative estimate of drug-likeness (QED) is 0.709. The first-order valence-corrected chi connectivity index (χ1v) is 7.49. The van der Waals surface area contributed by atoms with Crippen LogP contribution in [0, 0.1) is 0 Å². The van der Waals surface area contributed by atoms with Gasteiger partial charge < -0.3 is 14.4 Å². The Kier molecular flexibility index (Phi) is 4.82. The van der Waals surface area contributed by atoms with Crippen LogP contribution in [0.25, 0.3) is 0 Å². The molecule has 0 aliphatic carbocycles. The van der Waals surface area contributed by atoms with E-state index in [1.54, 1.807) is 18.2 Å². The van der Waals surface area contributed by atoms with Gasteiger partial charge in [-0.2, -0.15) is 0 Å². The lowest BCUT2D eigenvalue weighted by Crippen LogP contribution is -2.43. The van der Waals surface area contributed by atoms with Gasteiger partial charge in [0, 0.05) is 5.46 Å². The average Bonchev–Trinajstić information content (AvgIpc) is 2.63. The average molecular weight is 318 g/mol. The van der Waals surface area contributed by atoms with Crippen LogP contribution in [0.3, 0.4) is 0 Å². The summed E-state index contributed by atoms with van der Waals surface area (Å²) in [5.41, 5.74) is 0.813. The van der Waals surface area contributed by atoms with Gasteiger partial charge in [0.15, 0.2) is 0 Å². The zero-order valence-electron chi connectivity index (χ0n) is 12.8. The van der Waals surface area contributed by atoms with Gasteiger partial charge in [0.1, 0.15) is 11.5 Å². The first-order valence-electron chi connectivity index (χ1n) is 7.49. The molecule has 24 heavy (non-hydrogen) atoms. The van der Waals surface area contributed by atoms with E-state index in [1.165, 1.54) is 6.07 Å².